The van der Waals surface area contributed by atoms with Crippen LogP contribution in [0.25, 0.3) is 0 Å². The van der Waals surface area contributed by atoms with Crippen LogP contribution in [0, 0.1) is 30.6 Å². The van der Waals surface area contributed by atoms with Crippen molar-refractivity contribution in [2.75, 3.05) is 27.9 Å². The molecule has 3 unspecified atom stereocenters. The third-order valence-corrected chi connectivity index (χ3v) is 8.63. The molecule has 6 rings (SSSR count). The van der Waals surface area contributed by atoms with Crippen LogP contribution >= 0.6 is 0 Å². The molecule has 1 aromatic carbocycles. The minimum absolute atomic E-state index is 0.227. The van der Waals surface area contributed by atoms with Crippen LogP contribution in [0.4, 0.5) is 0 Å². The van der Waals surface area contributed by atoms with Crippen LogP contribution in [0.3, 0.4) is 0 Å². The van der Waals surface area contributed by atoms with Gasteiger partial charge >= 0.3 is 11.9 Å². The highest BCUT2D eigenvalue weighted by atomic mass is 17.3. The number of ether oxygens (including phenoxy) is 4. The molecule has 4 saturated carbocycles. The summed E-state index contributed by atoms with van der Waals surface area (Å²) in [5.41, 5.74) is 1.31. The number of aryl methyl sites for hydroxylation is 1. The van der Waals surface area contributed by atoms with Crippen LogP contribution in [-0.4, -0.2) is 51.1 Å². The fourth-order valence-electron chi connectivity index (χ4n) is 7.40. The maximum Gasteiger partial charge on any atom is 0.320 e. The smallest absolute Gasteiger partial charge is 0.320 e. The van der Waals surface area contributed by atoms with Gasteiger partial charge in [-0.2, -0.15) is 4.89 Å². The zero-order chi connectivity index (χ0) is 24.1. The number of carbonyl (C=O) groups is 2. The summed E-state index contributed by atoms with van der Waals surface area (Å²) in [6.45, 7) is 2.35. The van der Waals surface area contributed by atoms with E-state index in [1.807, 2.05) is 6.07 Å². The first-order chi connectivity index (χ1) is 16.3. The van der Waals surface area contributed by atoms with Crippen LogP contribution in [-0.2, 0) is 44.1 Å². The molecular formula is C26H34O8. The summed E-state index contributed by atoms with van der Waals surface area (Å²) in [6.07, 6.45) is 4.99. The summed E-state index contributed by atoms with van der Waals surface area (Å²) in [5.74, 6) is -2.08. The monoisotopic (exact) mass is 474 g/mol. The molecule has 4 bridgehead atoms. The lowest BCUT2D eigenvalue weighted by atomic mass is 9.45. The molecule has 1 saturated heterocycles. The number of hydrogen-bond donors (Lipinski definition) is 0. The van der Waals surface area contributed by atoms with Crippen LogP contribution in [0.15, 0.2) is 24.3 Å². The molecule has 4 aliphatic carbocycles. The summed E-state index contributed by atoms with van der Waals surface area (Å²) >= 11 is 0. The Kier molecular flexibility index (Phi) is 5.99. The maximum atomic E-state index is 12.0. The number of hydrogen-bond acceptors (Lipinski definition) is 8. The van der Waals surface area contributed by atoms with Gasteiger partial charge in [-0.1, -0.05) is 29.8 Å². The van der Waals surface area contributed by atoms with Crippen molar-refractivity contribution in [3.63, 3.8) is 0 Å². The van der Waals surface area contributed by atoms with Gasteiger partial charge in [0.15, 0.2) is 11.5 Å². The van der Waals surface area contributed by atoms with Crippen molar-refractivity contribution in [1.29, 1.82) is 0 Å². The Morgan fingerprint density at radius 3 is 2.24 bits per heavy atom. The van der Waals surface area contributed by atoms with E-state index in [0.29, 0.717) is 12.5 Å². The summed E-state index contributed by atoms with van der Waals surface area (Å²) in [6, 6.07) is 8.26. The second-order valence-electron chi connectivity index (χ2n) is 10.4. The minimum atomic E-state index is -0.971. The van der Waals surface area contributed by atoms with E-state index < -0.39 is 29.2 Å². The van der Waals surface area contributed by atoms with Gasteiger partial charge in [0.1, 0.15) is 0 Å². The predicted octanol–water partition coefficient (Wildman–Crippen LogP) is 3.44. The lowest BCUT2D eigenvalue weighted by Gasteiger charge is -2.70. The largest absolute Gasteiger partial charge is 0.468 e. The Hall–Kier alpha value is -2.00. The van der Waals surface area contributed by atoms with Gasteiger partial charge in [-0.05, 0) is 51.4 Å². The standard InChI is InChI=1S/C26H34O8/c1-16-6-5-7-18(10-16)26(31-4)25(33-34-26)19-11-17-12-20(25)15-24(13-17,14-19)32-9-8-21(22(27)29-2)23(28)30-3/h5-7,10,17,19-21H,8-9,11-15H2,1-4H3. The number of rotatable bonds is 8. The van der Waals surface area contributed by atoms with E-state index in [0.717, 1.165) is 43.2 Å². The molecule has 34 heavy (non-hydrogen) atoms. The Labute approximate surface area is 200 Å². The minimum Gasteiger partial charge on any atom is -0.468 e. The molecule has 0 N–H and O–H groups in total. The van der Waals surface area contributed by atoms with Crippen molar-refractivity contribution in [1.82, 2.24) is 0 Å². The summed E-state index contributed by atoms with van der Waals surface area (Å²) in [5, 5.41) is 0. The number of methoxy groups -OCH3 is 3. The Bertz CT molecular complexity index is 924. The average molecular weight is 475 g/mol. The van der Waals surface area contributed by atoms with Gasteiger partial charge in [0.05, 0.1) is 19.8 Å². The highest BCUT2D eigenvalue weighted by molar-refractivity contribution is 5.94. The van der Waals surface area contributed by atoms with E-state index in [1.165, 1.54) is 14.2 Å². The molecule has 8 nitrogen and oxygen atoms in total. The molecule has 8 heteroatoms. The Balaban J connectivity index is 1.35. The van der Waals surface area contributed by atoms with Crippen molar-refractivity contribution in [3.05, 3.63) is 35.4 Å². The topological polar surface area (TPSA) is 89.5 Å². The van der Waals surface area contributed by atoms with E-state index in [4.69, 9.17) is 28.7 Å². The van der Waals surface area contributed by atoms with E-state index in [9.17, 15) is 9.59 Å². The molecule has 0 amide bonds. The Morgan fingerprint density at radius 2 is 1.71 bits per heavy atom. The normalized spacial score (nSPS) is 37.6. The van der Waals surface area contributed by atoms with Gasteiger partial charge < -0.3 is 18.9 Å². The lowest BCUT2D eigenvalue weighted by molar-refractivity contribution is -0.647. The highest BCUT2D eigenvalue weighted by Crippen LogP contribution is 2.70. The van der Waals surface area contributed by atoms with Crippen molar-refractivity contribution >= 4 is 11.9 Å². The molecule has 1 heterocycles. The van der Waals surface area contributed by atoms with E-state index >= 15 is 0 Å². The van der Waals surface area contributed by atoms with Crippen LogP contribution in [0.2, 0.25) is 0 Å². The molecule has 3 atom stereocenters. The number of esters is 2. The molecule has 1 spiro atoms. The fraction of sp³-hybridized carbons (Fsp3) is 0.692. The first kappa shape index (κ1) is 23.7. The Morgan fingerprint density at radius 1 is 1.03 bits per heavy atom. The first-order valence-electron chi connectivity index (χ1n) is 12.1. The fourth-order valence-corrected chi connectivity index (χ4v) is 7.40. The summed E-state index contributed by atoms with van der Waals surface area (Å²) in [4.78, 5) is 36.0. The molecule has 186 valence electrons. The lowest BCUT2D eigenvalue weighted by Crippen LogP contribution is -2.78. The van der Waals surface area contributed by atoms with Crippen molar-refractivity contribution in [2.45, 2.75) is 62.4 Å². The molecule has 5 aliphatic rings. The number of carbonyl (C=O) groups excluding carboxylic acids is 2. The van der Waals surface area contributed by atoms with Crippen molar-refractivity contribution in [2.24, 2.45) is 23.7 Å². The molecule has 1 aromatic rings. The van der Waals surface area contributed by atoms with Gasteiger partial charge in [-0.3, -0.25) is 9.59 Å². The third kappa shape index (κ3) is 3.33. The van der Waals surface area contributed by atoms with Crippen LogP contribution in [0.5, 0.6) is 0 Å². The quantitative estimate of drug-likeness (QED) is 0.322. The molecule has 1 aliphatic heterocycles. The first-order valence-corrected chi connectivity index (χ1v) is 12.1. The average Bonchev–Trinajstić information content (AvgIpc) is 2.80. The van der Waals surface area contributed by atoms with Crippen molar-refractivity contribution < 1.29 is 38.3 Å². The van der Waals surface area contributed by atoms with Gasteiger partial charge in [-0.15, -0.1) is 0 Å². The zero-order valence-electron chi connectivity index (χ0n) is 20.3. The van der Waals surface area contributed by atoms with E-state index in [-0.39, 0.29) is 23.9 Å². The van der Waals surface area contributed by atoms with Gasteiger partial charge in [0.25, 0.3) is 5.79 Å². The SMILES string of the molecule is COC(=O)C(CCOC12CC3CC(C1)C1(OOC1(OC)c1cccc(C)c1)C(C3)C2)C(=O)OC. The second-order valence-corrected chi connectivity index (χ2v) is 10.4. The van der Waals surface area contributed by atoms with E-state index in [2.05, 4.69) is 25.1 Å². The predicted molar refractivity (Wildman–Crippen MR) is 119 cm³/mol. The summed E-state index contributed by atoms with van der Waals surface area (Å²) in [7, 11) is 4.24. The number of benzene rings is 1. The maximum absolute atomic E-state index is 12.0. The molecule has 5 fully saturated rings. The third-order valence-electron chi connectivity index (χ3n) is 8.63. The van der Waals surface area contributed by atoms with Crippen LogP contribution < -0.4 is 0 Å². The second kappa shape index (κ2) is 8.59. The molecule has 0 radical (unpaired) electrons. The molecule has 0 aromatic heterocycles. The van der Waals surface area contributed by atoms with Crippen LogP contribution in [0.1, 0.15) is 49.7 Å². The van der Waals surface area contributed by atoms with Gasteiger partial charge in [0.2, 0.25) is 0 Å². The van der Waals surface area contributed by atoms with Gasteiger partial charge in [0, 0.05) is 31.1 Å². The van der Waals surface area contributed by atoms with Crippen molar-refractivity contribution in [3.8, 4) is 0 Å². The highest BCUT2D eigenvalue weighted by Gasteiger charge is 2.78. The molecular weight excluding hydrogens is 440 g/mol. The van der Waals surface area contributed by atoms with E-state index in [1.54, 1.807) is 7.11 Å². The summed E-state index contributed by atoms with van der Waals surface area (Å²) < 4.78 is 22.2. The zero-order valence-corrected chi connectivity index (χ0v) is 20.3. The van der Waals surface area contributed by atoms with Gasteiger partial charge in [-0.25, -0.2) is 4.89 Å².